The second-order valence-corrected chi connectivity index (χ2v) is 5.06. The van der Waals surface area contributed by atoms with Gasteiger partial charge in [-0.05, 0) is 31.2 Å². The van der Waals surface area contributed by atoms with E-state index in [2.05, 4.69) is 0 Å². The topological polar surface area (TPSA) is 39.4 Å². The minimum atomic E-state index is -0.0478. The lowest BCUT2D eigenvalue weighted by Crippen LogP contribution is -2.03. The first-order valence-corrected chi connectivity index (χ1v) is 6.82. The van der Waals surface area contributed by atoms with Crippen LogP contribution in [0.5, 0.6) is 5.75 Å². The third kappa shape index (κ3) is 2.68. The molecule has 0 fully saturated rings. The van der Waals surface area contributed by atoms with Crippen LogP contribution in [-0.2, 0) is 6.42 Å². The highest BCUT2D eigenvalue weighted by molar-refractivity contribution is 5.99. The van der Waals surface area contributed by atoms with Crippen molar-refractivity contribution < 1.29 is 13.9 Å². The molecule has 1 aromatic heterocycles. The first-order valence-electron chi connectivity index (χ1n) is 6.82. The predicted molar refractivity (Wildman–Crippen MR) is 82.0 cm³/mol. The molecule has 106 valence electrons. The first-order chi connectivity index (χ1) is 10.2. The van der Waals surface area contributed by atoms with Crippen molar-refractivity contribution in [2.45, 2.75) is 13.3 Å². The number of methoxy groups -OCH3 is 1. The standard InChI is InChI=1S/C18H16O3/c1-12-7-8-17-14(9-12)11-18(21-17)15(19)10-13-5-3-4-6-16(13)20-2/h3-9,11H,10H2,1-2H3. The van der Waals surface area contributed by atoms with Crippen molar-refractivity contribution in [1.82, 2.24) is 0 Å². The van der Waals surface area contributed by atoms with Crippen molar-refractivity contribution in [2.24, 2.45) is 0 Å². The van der Waals surface area contributed by atoms with Crippen molar-refractivity contribution in [2.75, 3.05) is 7.11 Å². The minimum Gasteiger partial charge on any atom is -0.496 e. The number of benzene rings is 2. The Morgan fingerprint density at radius 3 is 2.76 bits per heavy atom. The number of ketones is 1. The second-order valence-electron chi connectivity index (χ2n) is 5.06. The number of carbonyl (C=O) groups excluding carboxylic acids is 1. The molecule has 0 saturated carbocycles. The molecule has 0 atom stereocenters. The highest BCUT2D eigenvalue weighted by atomic mass is 16.5. The van der Waals surface area contributed by atoms with E-state index in [-0.39, 0.29) is 12.2 Å². The highest BCUT2D eigenvalue weighted by Gasteiger charge is 2.15. The first kappa shape index (κ1) is 13.4. The van der Waals surface area contributed by atoms with Crippen LogP contribution in [0, 0.1) is 6.92 Å². The van der Waals surface area contributed by atoms with Gasteiger partial charge in [-0.25, -0.2) is 0 Å². The monoisotopic (exact) mass is 280 g/mol. The summed E-state index contributed by atoms with van der Waals surface area (Å²) in [7, 11) is 1.60. The van der Waals surface area contributed by atoms with Crippen molar-refractivity contribution in [3.8, 4) is 5.75 Å². The van der Waals surface area contributed by atoms with Gasteiger partial charge in [-0.1, -0.05) is 29.8 Å². The summed E-state index contributed by atoms with van der Waals surface area (Å²) in [5.41, 5.74) is 2.75. The van der Waals surface area contributed by atoms with Crippen LogP contribution >= 0.6 is 0 Å². The number of hydrogen-bond donors (Lipinski definition) is 0. The van der Waals surface area contributed by atoms with Gasteiger partial charge < -0.3 is 9.15 Å². The molecular weight excluding hydrogens is 264 g/mol. The van der Waals surface area contributed by atoms with Gasteiger partial charge in [0, 0.05) is 17.4 Å². The summed E-state index contributed by atoms with van der Waals surface area (Å²) in [6, 6.07) is 15.2. The molecule has 2 aromatic carbocycles. The van der Waals surface area contributed by atoms with Crippen LogP contribution in [0.15, 0.2) is 52.9 Å². The van der Waals surface area contributed by atoms with Crippen molar-refractivity contribution in [3.05, 3.63) is 65.4 Å². The van der Waals surface area contributed by atoms with Gasteiger partial charge in [-0.15, -0.1) is 0 Å². The van der Waals surface area contributed by atoms with Crippen LogP contribution in [0.3, 0.4) is 0 Å². The van der Waals surface area contributed by atoms with E-state index < -0.39 is 0 Å². The Bertz CT molecular complexity index is 799. The Morgan fingerprint density at radius 1 is 1.14 bits per heavy atom. The number of fused-ring (bicyclic) bond motifs is 1. The molecule has 3 nitrogen and oxygen atoms in total. The van der Waals surface area contributed by atoms with E-state index in [9.17, 15) is 4.79 Å². The molecule has 3 heteroatoms. The number of hydrogen-bond acceptors (Lipinski definition) is 3. The molecule has 0 unspecified atom stereocenters. The summed E-state index contributed by atoms with van der Waals surface area (Å²) in [5.74, 6) is 1.06. The second kappa shape index (κ2) is 5.44. The van der Waals surface area contributed by atoms with Gasteiger partial charge >= 0.3 is 0 Å². The lowest BCUT2D eigenvalue weighted by molar-refractivity contribution is 0.0967. The molecule has 0 N–H and O–H groups in total. The summed E-state index contributed by atoms with van der Waals surface area (Å²) in [5, 5.41) is 0.957. The Morgan fingerprint density at radius 2 is 1.95 bits per heavy atom. The molecule has 0 saturated heterocycles. The zero-order valence-corrected chi connectivity index (χ0v) is 12.1. The smallest absolute Gasteiger partial charge is 0.202 e. The minimum absolute atomic E-state index is 0.0478. The van der Waals surface area contributed by atoms with Crippen LogP contribution in [0.2, 0.25) is 0 Å². The molecule has 3 rings (SSSR count). The average molecular weight is 280 g/mol. The van der Waals surface area contributed by atoms with Gasteiger partial charge in [0.05, 0.1) is 7.11 Å². The lowest BCUT2D eigenvalue weighted by atomic mass is 10.1. The number of carbonyl (C=O) groups is 1. The molecule has 0 bridgehead atoms. The van der Waals surface area contributed by atoms with Crippen LogP contribution in [-0.4, -0.2) is 12.9 Å². The van der Waals surface area contributed by atoms with E-state index in [1.807, 2.05) is 49.4 Å². The number of para-hydroxylation sites is 1. The fourth-order valence-corrected chi connectivity index (χ4v) is 2.41. The SMILES string of the molecule is COc1ccccc1CC(=O)c1cc2cc(C)ccc2o1. The molecule has 1 heterocycles. The molecule has 0 amide bonds. The number of rotatable bonds is 4. The van der Waals surface area contributed by atoms with E-state index in [1.165, 1.54) is 0 Å². The molecule has 21 heavy (non-hydrogen) atoms. The Balaban J connectivity index is 1.90. The number of ether oxygens (including phenoxy) is 1. The molecule has 0 aliphatic carbocycles. The number of aryl methyl sites for hydroxylation is 1. The maximum atomic E-state index is 12.4. The quantitative estimate of drug-likeness (QED) is 0.673. The summed E-state index contributed by atoms with van der Waals surface area (Å²) in [4.78, 5) is 12.4. The van der Waals surface area contributed by atoms with Crippen molar-refractivity contribution in [3.63, 3.8) is 0 Å². The zero-order chi connectivity index (χ0) is 14.8. The molecule has 0 aliphatic heterocycles. The van der Waals surface area contributed by atoms with Crippen LogP contribution in [0.25, 0.3) is 11.0 Å². The van der Waals surface area contributed by atoms with Gasteiger partial charge in [-0.3, -0.25) is 4.79 Å². The fraction of sp³-hybridized carbons (Fsp3) is 0.167. The normalized spacial score (nSPS) is 10.8. The third-order valence-electron chi connectivity index (χ3n) is 3.49. The number of Topliss-reactive ketones (excluding diaryl/α,β-unsaturated/α-hetero) is 1. The van der Waals surface area contributed by atoms with Crippen molar-refractivity contribution >= 4 is 16.8 Å². The van der Waals surface area contributed by atoms with Crippen LogP contribution in [0.1, 0.15) is 21.7 Å². The fourth-order valence-electron chi connectivity index (χ4n) is 2.41. The molecule has 3 aromatic rings. The summed E-state index contributed by atoms with van der Waals surface area (Å²) in [6.07, 6.45) is 0.267. The van der Waals surface area contributed by atoms with E-state index in [0.29, 0.717) is 5.76 Å². The van der Waals surface area contributed by atoms with Gasteiger partial charge in [0.2, 0.25) is 5.78 Å². The predicted octanol–water partition coefficient (Wildman–Crippen LogP) is 4.18. The molecule has 0 aliphatic rings. The van der Waals surface area contributed by atoms with E-state index >= 15 is 0 Å². The molecule has 0 radical (unpaired) electrons. The average Bonchev–Trinajstić information content (AvgIpc) is 2.91. The Labute approximate surface area is 123 Å². The van der Waals surface area contributed by atoms with E-state index in [0.717, 1.165) is 27.8 Å². The van der Waals surface area contributed by atoms with Gasteiger partial charge in [0.25, 0.3) is 0 Å². The Kier molecular flexibility index (Phi) is 3.48. The van der Waals surface area contributed by atoms with E-state index in [4.69, 9.17) is 9.15 Å². The van der Waals surface area contributed by atoms with Crippen LogP contribution < -0.4 is 4.74 Å². The molecule has 0 spiro atoms. The maximum absolute atomic E-state index is 12.4. The lowest BCUT2D eigenvalue weighted by Gasteiger charge is -2.06. The summed E-state index contributed by atoms with van der Waals surface area (Å²) in [6.45, 7) is 2.02. The summed E-state index contributed by atoms with van der Waals surface area (Å²) < 4.78 is 10.9. The zero-order valence-electron chi connectivity index (χ0n) is 12.1. The van der Waals surface area contributed by atoms with Crippen molar-refractivity contribution in [1.29, 1.82) is 0 Å². The van der Waals surface area contributed by atoms with Gasteiger partial charge in [0.1, 0.15) is 11.3 Å². The highest BCUT2D eigenvalue weighted by Crippen LogP contribution is 2.24. The molecular formula is C18H16O3. The number of furan rings is 1. The maximum Gasteiger partial charge on any atom is 0.202 e. The Hall–Kier alpha value is -2.55. The van der Waals surface area contributed by atoms with E-state index in [1.54, 1.807) is 13.2 Å². The van der Waals surface area contributed by atoms with Crippen LogP contribution in [0.4, 0.5) is 0 Å². The van der Waals surface area contributed by atoms with Gasteiger partial charge in [-0.2, -0.15) is 0 Å². The summed E-state index contributed by atoms with van der Waals surface area (Å²) >= 11 is 0. The van der Waals surface area contributed by atoms with Gasteiger partial charge in [0.15, 0.2) is 5.76 Å². The largest absolute Gasteiger partial charge is 0.496 e. The third-order valence-corrected chi connectivity index (χ3v) is 3.49.